The first kappa shape index (κ1) is 22.5. The third-order valence-electron chi connectivity index (χ3n) is 0. The van der Waals surface area contributed by atoms with Gasteiger partial charge >= 0.3 is 60.2 Å². The molecule has 0 heterocycles. The van der Waals surface area contributed by atoms with Crippen LogP contribution in [0.15, 0.2) is 0 Å². The SMILES string of the molecule is [Nb].[OH][Ti]([OH])([OH])[OH].[PbH2].[Sc]. The Bertz CT molecular complexity index is 31.5. The molecular formula is H6NbO4PbScTi. The fraction of sp³-hybridized carbons (Fsp3) is 0. The summed E-state index contributed by atoms with van der Waals surface area (Å²) in [5.41, 5.74) is 0. The molecule has 0 fully saturated rings. The molecule has 0 unspecified atom stereocenters. The van der Waals surface area contributed by atoms with Crippen LogP contribution >= 0.6 is 0 Å². The Morgan fingerprint density at radius 1 is 0.875 bits per heavy atom. The van der Waals surface area contributed by atoms with Gasteiger partial charge in [-0.3, -0.25) is 0 Å². The van der Waals surface area contributed by atoms with Gasteiger partial charge in [-0.15, -0.1) is 0 Å². The Morgan fingerprint density at radius 3 is 0.875 bits per heavy atom. The van der Waals surface area contributed by atoms with E-state index >= 15 is 0 Å². The minimum absolute atomic E-state index is 0. The molecule has 0 aliphatic rings. The number of rotatable bonds is 0. The number of hydrogen-bond donors (Lipinski definition) is 4. The van der Waals surface area contributed by atoms with Crippen LogP contribution in [0.3, 0.4) is 0 Å². The van der Waals surface area contributed by atoms with E-state index in [1.165, 1.54) is 0 Å². The Kier molecular flexibility index (Phi) is 28.3. The van der Waals surface area contributed by atoms with Crippen molar-refractivity contribution in [3.8, 4) is 0 Å². The molecule has 0 saturated carbocycles. The van der Waals surface area contributed by atoms with E-state index in [4.69, 9.17) is 14.8 Å². The molecule has 0 bridgehead atoms. The molecule has 0 rings (SSSR count). The van der Waals surface area contributed by atoms with Crippen LogP contribution in [0.4, 0.5) is 0 Å². The van der Waals surface area contributed by atoms with Crippen LogP contribution in [0.25, 0.3) is 0 Å². The Labute approximate surface area is 106 Å². The van der Waals surface area contributed by atoms with Crippen molar-refractivity contribution in [2.24, 2.45) is 0 Å². The second-order valence-electron chi connectivity index (χ2n) is 0.600. The minimum atomic E-state index is -5.00. The van der Waals surface area contributed by atoms with Crippen LogP contribution in [0.1, 0.15) is 0 Å². The van der Waals surface area contributed by atoms with Crippen molar-refractivity contribution < 1.29 is 81.1 Å². The van der Waals surface area contributed by atoms with Gasteiger partial charge in [0.2, 0.25) is 0 Å². The Balaban J connectivity index is -0.0000000267. The quantitative estimate of drug-likeness (QED) is 0.287. The number of hydrogen-bond acceptors (Lipinski definition) is 4. The molecular weight excluding hydrogens is 457 g/mol. The molecule has 4 N–H and O–H groups in total. The van der Waals surface area contributed by atoms with Crippen molar-refractivity contribution in [1.82, 2.24) is 0 Å². The summed E-state index contributed by atoms with van der Waals surface area (Å²) in [6.45, 7) is 0. The zero-order chi connectivity index (χ0) is 4.50. The second-order valence-corrected chi connectivity index (χ2v) is 2.47. The van der Waals surface area contributed by atoms with E-state index in [0.29, 0.717) is 0 Å². The summed E-state index contributed by atoms with van der Waals surface area (Å²) in [5, 5.41) is 0. The van der Waals surface area contributed by atoms with Crippen LogP contribution in [0.5, 0.6) is 0 Å². The van der Waals surface area contributed by atoms with Crippen molar-refractivity contribution in [3.05, 3.63) is 0 Å². The van der Waals surface area contributed by atoms with Crippen molar-refractivity contribution in [2.45, 2.75) is 0 Å². The van der Waals surface area contributed by atoms with E-state index in [9.17, 15) is 0 Å². The molecule has 0 saturated heterocycles. The first-order valence-electron chi connectivity index (χ1n) is 0.894. The smallest absolute Gasteiger partial charge is 0 e. The normalized spacial score (nSPS) is 7.50. The third kappa shape index (κ3) is 62.4. The predicted molar refractivity (Wildman–Crippen MR) is 17.4 cm³/mol. The molecule has 0 aromatic heterocycles. The Hall–Kier alpha value is 3.09. The van der Waals surface area contributed by atoms with Crippen molar-refractivity contribution in [3.63, 3.8) is 0 Å². The van der Waals surface area contributed by atoms with Gasteiger partial charge in [-0.05, 0) is 0 Å². The van der Waals surface area contributed by atoms with Crippen LogP contribution in [0.2, 0.25) is 0 Å². The standard InChI is InChI=1S/Nb.4H2O.Pb.Sc.Ti.2H/h;4*1H2;;;;;/q;;;;;;;+4;;/p-4. The summed E-state index contributed by atoms with van der Waals surface area (Å²) >= 11 is -5.00. The van der Waals surface area contributed by atoms with Crippen molar-refractivity contribution in [1.29, 1.82) is 0 Å². The van der Waals surface area contributed by atoms with Gasteiger partial charge in [0.25, 0.3) is 0 Å². The first-order chi connectivity index (χ1) is 2.00. The molecule has 0 amide bonds. The largest absolute Gasteiger partial charge is 0 e. The van der Waals surface area contributed by atoms with E-state index in [1.807, 2.05) is 0 Å². The average molecular weight is 463 g/mol. The van der Waals surface area contributed by atoms with Crippen LogP contribution < -0.4 is 0 Å². The van der Waals surface area contributed by atoms with Crippen molar-refractivity contribution in [2.75, 3.05) is 0 Å². The monoisotopic (exact) mass is 464 g/mol. The van der Waals surface area contributed by atoms with Crippen LogP contribution in [0, 0.1) is 0 Å². The predicted octanol–water partition coefficient (Wildman–Crippen LogP) is -3.15. The van der Waals surface area contributed by atoms with Gasteiger partial charge in [-0.1, -0.05) is 0 Å². The van der Waals surface area contributed by atoms with Gasteiger partial charge < -0.3 is 0 Å². The molecule has 0 atom stereocenters. The van der Waals surface area contributed by atoms with Gasteiger partial charge in [0.1, 0.15) is 0 Å². The zero-order valence-electron chi connectivity index (χ0n) is 4.02. The van der Waals surface area contributed by atoms with Gasteiger partial charge in [-0.2, -0.15) is 0 Å². The molecule has 0 aliphatic carbocycles. The van der Waals surface area contributed by atoms with Gasteiger partial charge in [0.15, 0.2) is 0 Å². The van der Waals surface area contributed by atoms with E-state index in [-0.39, 0.29) is 75.5 Å². The maximum atomic E-state index is 7.38. The topological polar surface area (TPSA) is 80.9 Å². The third-order valence-corrected chi connectivity index (χ3v) is 0. The van der Waals surface area contributed by atoms with Gasteiger partial charge in [0.05, 0.1) is 0 Å². The zero-order valence-corrected chi connectivity index (χ0v) is 15.1. The fourth-order valence-corrected chi connectivity index (χ4v) is 0. The summed E-state index contributed by atoms with van der Waals surface area (Å²) in [4.78, 5) is 0. The summed E-state index contributed by atoms with van der Waals surface area (Å²) in [6, 6.07) is 0. The fourth-order valence-electron chi connectivity index (χ4n) is 0. The van der Waals surface area contributed by atoms with E-state index in [2.05, 4.69) is 0 Å². The average Bonchev–Trinajstić information content (AvgIpc) is 0.722. The van der Waals surface area contributed by atoms with Gasteiger partial charge in [0, 0.05) is 48.2 Å². The van der Waals surface area contributed by atoms with E-state index in [1.54, 1.807) is 0 Å². The van der Waals surface area contributed by atoms with Gasteiger partial charge in [-0.25, -0.2) is 0 Å². The molecule has 4 radical (unpaired) electrons. The summed E-state index contributed by atoms with van der Waals surface area (Å²) in [6.07, 6.45) is 0. The maximum absolute atomic E-state index is 7.38. The van der Waals surface area contributed by atoms with E-state index in [0.717, 1.165) is 0 Å². The maximum Gasteiger partial charge on any atom is 0 e. The molecule has 4 nitrogen and oxygen atoms in total. The first-order valence-corrected chi connectivity index (χ1v) is 3.69. The molecule has 46 valence electrons. The summed E-state index contributed by atoms with van der Waals surface area (Å²) < 4.78 is 29.5. The van der Waals surface area contributed by atoms with E-state index < -0.39 is 18.1 Å². The van der Waals surface area contributed by atoms with Crippen molar-refractivity contribution >= 4 is 27.3 Å². The molecule has 8 heavy (non-hydrogen) atoms. The molecule has 0 aromatic rings. The molecule has 0 spiro atoms. The van der Waals surface area contributed by atoms with Crippen LogP contribution in [-0.2, 0) is 66.4 Å². The molecule has 0 aromatic carbocycles. The second kappa shape index (κ2) is 10.1. The Morgan fingerprint density at radius 2 is 0.875 bits per heavy atom. The molecule has 8 heteroatoms. The summed E-state index contributed by atoms with van der Waals surface area (Å²) in [7, 11) is 0. The van der Waals surface area contributed by atoms with Crippen LogP contribution in [-0.4, -0.2) is 42.1 Å². The minimum Gasteiger partial charge on any atom is 0 e. The summed E-state index contributed by atoms with van der Waals surface area (Å²) in [5.74, 6) is 0. The molecule has 0 aliphatic heterocycles.